The molecular weight excluding hydrogens is 236 g/mol. The minimum Gasteiger partial charge on any atom is -0.458 e. The smallest absolute Gasteiger partial charge is 0.237 e. The Morgan fingerprint density at radius 2 is 2.05 bits per heavy atom. The molecule has 1 unspecified atom stereocenters. The van der Waals surface area contributed by atoms with Crippen LogP contribution in [0.4, 0.5) is 0 Å². The van der Waals surface area contributed by atoms with E-state index in [2.05, 4.69) is 51.2 Å². The van der Waals surface area contributed by atoms with Crippen molar-refractivity contribution in [1.82, 2.24) is 0 Å². The lowest BCUT2D eigenvalue weighted by molar-refractivity contribution is -0.189. The summed E-state index contributed by atoms with van der Waals surface area (Å²) in [6, 6.07) is 0. The Labute approximate surface area is 116 Å². The lowest BCUT2D eigenvalue weighted by atomic mass is 9.78. The van der Waals surface area contributed by atoms with Crippen LogP contribution < -0.4 is 0 Å². The van der Waals surface area contributed by atoms with Crippen LogP contribution >= 0.6 is 0 Å². The van der Waals surface area contributed by atoms with E-state index >= 15 is 0 Å². The van der Waals surface area contributed by atoms with Gasteiger partial charge in [-0.15, -0.1) is 0 Å². The van der Waals surface area contributed by atoms with Gasteiger partial charge >= 0.3 is 0 Å². The summed E-state index contributed by atoms with van der Waals surface area (Å²) in [6.45, 7) is 9.26. The Bertz CT molecular complexity index is 446. The Hall–Kier alpha value is -1.28. The molecule has 2 aliphatic carbocycles. The van der Waals surface area contributed by atoms with Crippen LogP contribution in [0.3, 0.4) is 0 Å². The second-order valence-electron chi connectivity index (χ2n) is 6.00. The fourth-order valence-corrected chi connectivity index (χ4v) is 2.64. The predicted molar refractivity (Wildman–Crippen MR) is 78.6 cm³/mol. The summed E-state index contributed by atoms with van der Waals surface area (Å²) in [7, 11) is 0. The SMILES string of the molecule is CCOC1(OC2=CCC=C2)CC=CC=C1C(C)(C)C. The number of allylic oxidation sites excluding steroid dienone is 5. The largest absolute Gasteiger partial charge is 0.458 e. The van der Waals surface area contributed by atoms with Gasteiger partial charge in [-0.25, -0.2) is 0 Å². The van der Waals surface area contributed by atoms with Gasteiger partial charge in [0.1, 0.15) is 5.76 Å². The van der Waals surface area contributed by atoms with E-state index < -0.39 is 5.79 Å². The van der Waals surface area contributed by atoms with Crippen molar-refractivity contribution in [2.45, 2.75) is 46.3 Å². The molecule has 0 saturated heterocycles. The van der Waals surface area contributed by atoms with E-state index in [4.69, 9.17) is 9.47 Å². The van der Waals surface area contributed by atoms with Gasteiger partial charge < -0.3 is 9.47 Å². The summed E-state index contributed by atoms with van der Waals surface area (Å²) in [5, 5.41) is 0. The molecule has 19 heavy (non-hydrogen) atoms. The summed E-state index contributed by atoms with van der Waals surface area (Å²) in [4.78, 5) is 0. The minimum absolute atomic E-state index is 0.0167. The molecule has 0 fully saturated rings. The molecule has 0 saturated carbocycles. The van der Waals surface area contributed by atoms with Gasteiger partial charge in [0.25, 0.3) is 0 Å². The van der Waals surface area contributed by atoms with Crippen molar-refractivity contribution in [2.24, 2.45) is 5.41 Å². The van der Waals surface area contributed by atoms with E-state index in [9.17, 15) is 0 Å². The first-order valence-electron chi connectivity index (χ1n) is 7.05. The number of hydrogen-bond acceptors (Lipinski definition) is 2. The van der Waals surface area contributed by atoms with Gasteiger partial charge in [-0.1, -0.05) is 45.1 Å². The summed E-state index contributed by atoms with van der Waals surface area (Å²) in [6.07, 6.45) is 14.3. The van der Waals surface area contributed by atoms with Gasteiger partial charge in [0, 0.05) is 18.6 Å². The van der Waals surface area contributed by atoms with Crippen molar-refractivity contribution < 1.29 is 9.47 Å². The van der Waals surface area contributed by atoms with Gasteiger partial charge in [0.2, 0.25) is 5.79 Å². The van der Waals surface area contributed by atoms with Gasteiger partial charge in [0.15, 0.2) is 0 Å². The Morgan fingerprint density at radius 3 is 2.63 bits per heavy atom. The standard InChI is InChI=1S/C17H24O2/c1-5-18-17(19-14-10-6-7-11-14)13-9-8-12-15(17)16(2,3)4/h6,8-12H,5,7,13H2,1-4H3. The zero-order chi connectivity index (χ0) is 13.9. The van der Waals surface area contributed by atoms with Gasteiger partial charge in [0.05, 0.1) is 0 Å². The zero-order valence-electron chi connectivity index (χ0n) is 12.4. The molecule has 0 spiro atoms. The lowest BCUT2D eigenvalue weighted by Crippen LogP contribution is -2.43. The third-order valence-corrected chi connectivity index (χ3v) is 3.40. The fourth-order valence-electron chi connectivity index (χ4n) is 2.64. The van der Waals surface area contributed by atoms with Crippen LogP contribution in [0.2, 0.25) is 0 Å². The first kappa shape index (κ1) is 14.1. The highest BCUT2D eigenvalue weighted by Crippen LogP contribution is 2.43. The van der Waals surface area contributed by atoms with Crippen molar-refractivity contribution in [2.75, 3.05) is 6.61 Å². The maximum atomic E-state index is 6.25. The van der Waals surface area contributed by atoms with Gasteiger partial charge in [-0.3, -0.25) is 0 Å². The highest BCUT2D eigenvalue weighted by atomic mass is 16.7. The van der Waals surface area contributed by atoms with Crippen molar-refractivity contribution in [3.8, 4) is 0 Å². The average molecular weight is 260 g/mol. The summed E-state index contributed by atoms with van der Waals surface area (Å²) in [5.41, 5.74) is 1.22. The van der Waals surface area contributed by atoms with Crippen LogP contribution in [-0.2, 0) is 9.47 Å². The van der Waals surface area contributed by atoms with E-state index in [1.165, 1.54) is 5.57 Å². The van der Waals surface area contributed by atoms with E-state index in [1.54, 1.807) is 0 Å². The molecule has 0 heterocycles. The summed E-state index contributed by atoms with van der Waals surface area (Å²) in [5.74, 6) is 0.265. The van der Waals surface area contributed by atoms with E-state index in [-0.39, 0.29) is 5.41 Å². The molecule has 2 aliphatic rings. The topological polar surface area (TPSA) is 18.5 Å². The minimum atomic E-state index is -0.651. The molecule has 0 radical (unpaired) electrons. The fraction of sp³-hybridized carbons (Fsp3) is 0.529. The van der Waals surface area contributed by atoms with Crippen LogP contribution in [0.5, 0.6) is 0 Å². The van der Waals surface area contributed by atoms with Crippen molar-refractivity contribution in [3.63, 3.8) is 0 Å². The molecule has 2 nitrogen and oxygen atoms in total. The van der Waals surface area contributed by atoms with Crippen molar-refractivity contribution in [1.29, 1.82) is 0 Å². The maximum Gasteiger partial charge on any atom is 0.237 e. The third kappa shape index (κ3) is 3.01. The monoisotopic (exact) mass is 260 g/mol. The Kier molecular flexibility index (Phi) is 4.00. The molecular formula is C17H24O2. The molecule has 0 aromatic carbocycles. The third-order valence-electron chi connectivity index (χ3n) is 3.40. The molecule has 0 amide bonds. The van der Waals surface area contributed by atoms with Gasteiger partial charge in [-0.2, -0.15) is 0 Å². The second kappa shape index (κ2) is 5.38. The Balaban J connectivity index is 2.34. The first-order valence-corrected chi connectivity index (χ1v) is 7.05. The maximum absolute atomic E-state index is 6.25. The number of hydrogen-bond donors (Lipinski definition) is 0. The number of rotatable bonds is 4. The van der Waals surface area contributed by atoms with Crippen LogP contribution in [0.1, 0.15) is 40.5 Å². The quantitative estimate of drug-likeness (QED) is 0.692. The molecule has 104 valence electrons. The van der Waals surface area contributed by atoms with Crippen molar-refractivity contribution in [3.05, 3.63) is 47.8 Å². The second-order valence-corrected chi connectivity index (χ2v) is 6.00. The van der Waals surface area contributed by atoms with Crippen LogP contribution in [0.25, 0.3) is 0 Å². The summed E-state index contributed by atoms with van der Waals surface area (Å²) < 4.78 is 12.3. The van der Waals surface area contributed by atoms with Crippen molar-refractivity contribution >= 4 is 0 Å². The molecule has 0 aromatic heterocycles. The highest BCUT2D eigenvalue weighted by Gasteiger charge is 2.43. The Morgan fingerprint density at radius 1 is 1.26 bits per heavy atom. The molecule has 1 atom stereocenters. The molecule has 0 aromatic rings. The average Bonchev–Trinajstić information content (AvgIpc) is 2.81. The zero-order valence-corrected chi connectivity index (χ0v) is 12.4. The van der Waals surface area contributed by atoms with Crippen LogP contribution in [0.15, 0.2) is 47.8 Å². The molecule has 0 bridgehead atoms. The van der Waals surface area contributed by atoms with Crippen LogP contribution in [-0.4, -0.2) is 12.4 Å². The lowest BCUT2D eigenvalue weighted by Gasteiger charge is -2.42. The first-order chi connectivity index (χ1) is 8.98. The molecule has 0 aliphatic heterocycles. The van der Waals surface area contributed by atoms with Gasteiger partial charge in [-0.05, 0) is 30.9 Å². The highest BCUT2D eigenvalue weighted by molar-refractivity contribution is 5.32. The normalized spacial score (nSPS) is 26.3. The van der Waals surface area contributed by atoms with E-state index in [1.807, 2.05) is 13.0 Å². The predicted octanol–water partition coefficient (Wildman–Crippen LogP) is 4.51. The molecule has 2 heteroatoms. The van der Waals surface area contributed by atoms with Crippen LogP contribution in [0, 0.1) is 5.41 Å². The molecule has 2 rings (SSSR count). The van der Waals surface area contributed by atoms with E-state index in [0.29, 0.717) is 6.61 Å². The number of ether oxygens (including phenoxy) is 2. The summed E-state index contributed by atoms with van der Waals surface area (Å²) >= 11 is 0. The molecule has 0 N–H and O–H groups in total. The van der Waals surface area contributed by atoms with E-state index in [0.717, 1.165) is 18.6 Å².